The fourth-order valence-corrected chi connectivity index (χ4v) is 3.73. The van der Waals surface area contributed by atoms with Gasteiger partial charge in [-0.05, 0) is 7.05 Å². The van der Waals surface area contributed by atoms with E-state index in [-0.39, 0.29) is 21.6 Å². The van der Waals surface area contributed by atoms with Gasteiger partial charge >= 0.3 is 131 Å². The molecule has 1 aliphatic heterocycles. The van der Waals surface area contributed by atoms with Crippen LogP contribution in [0.5, 0.6) is 5.75 Å². The van der Waals surface area contributed by atoms with Gasteiger partial charge in [0.1, 0.15) is 0 Å². The van der Waals surface area contributed by atoms with Gasteiger partial charge < -0.3 is 0 Å². The zero-order valence-electron chi connectivity index (χ0n) is 14.8. The molecule has 0 aliphatic carbocycles. The number of hydrogen-bond acceptors (Lipinski definition) is 5. The van der Waals surface area contributed by atoms with Crippen molar-refractivity contribution < 1.29 is 29.4 Å². The second-order valence-corrected chi connectivity index (χ2v) is 7.64. The average Bonchev–Trinajstić information content (AvgIpc) is 2.62. The second-order valence-electron chi connectivity index (χ2n) is 5.96. The number of halogens is 1. The molecule has 0 N–H and O–H groups in total. The van der Waals surface area contributed by atoms with Gasteiger partial charge in [0.25, 0.3) is 0 Å². The first-order valence-electron chi connectivity index (χ1n) is 8.34. The van der Waals surface area contributed by atoms with Crippen LogP contribution in [0, 0.1) is 0 Å². The molecule has 0 amide bonds. The van der Waals surface area contributed by atoms with E-state index in [4.69, 9.17) is 7.80 Å². The van der Waals surface area contributed by atoms with Crippen molar-refractivity contribution in [2.45, 2.75) is 0 Å². The third-order valence-electron chi connectivity index (χ3n) is 4.11. The van der Waals surface area contributed by atoms with Crippen LogP contribution in [0.3, 0.4) is 0 Å². The van der Waals surface area contributed by atoms with Gasteiger partial charge in [0.15, 0.2) is 0 Å². The van der Waals surface area contributed by atoms with Gasteiger partial charge in [0, 0.05) is 6.54 Å². The van der Waals surface area contributed by atoms with Crippen molar-refractivity contribution in [3.05, 3.63) is 36.9 Å². The molecular weight excluding hydrogens is 417 g/mol. The molecule has 1 saturated heterocycles. The number of ether oxygens (including phenoxy) is 1. The van der Waals surface area contributed by atoms with Crippen LogP contribution in [-0.2, 0) is 4.74 Å². The molecule has 1 aliphatic rings. The molecule has 1 aromatic carbocycles. The van der Waals surface area contributed by atoms with Crippen LogP contribution in [-0.4, -0.2) is 74.4 Å². The summed E-state index contributed by atoms with van der Waals surface area (Å²) in [6.45, 7) is 11.4. The SMILES string of the molecule is C=CCN(C)CCN1CCN(c2ccc(O[I-]COC)cc2)CC1. The summed E-state index contributed by atoms with van der Waals surface area (Å²) >= 11 is -0.351. The molecule has 1 aromatic rings. The summed E-state index contributed by atoms with van der Waals surface area (Å²) in [7, 11) is 3.86. The molecule has 0 unspecified atom stereocenters. The monoisotopic (exact) mass is 446 g/mol. The van der Waals surface area contributed by atoms with Crippen molar-refractivity contribution in [2.75, 3.05) is 69.5 Å². The quantitative estimate of drug-likeness (QED) is 0.197. The predicted octanol–water partition coefficient (Wildman–Crippen LogP) is -1.09. The summed E-state index contributed by atoms with van der Waals surface area (Å²) in [4.78, 5) is 7.31. The van der Waals surface area contributed by atoms with Gasteiger partial charge in [0.2, 0.25) is 0 Å². The van der Waals surface area contributed by atoms with Gasteiger partial charge in [0.05, 0.1) is 0 Å². The van der Waals surface area contributed by atoms with Crippen LogP contribution in [0.15, 0.2) is 36.9 Å². The number of alkyl halides is 1. The Hall–Kier alpha value is -0.830. The van der Waals surface area contributed by atoms with E-state index < -0.39 is 0 Å². The van der Waals surface area contributed by atoms with Crippen LogP contribution in [0.2, 0.25) is 0 Å². The Morgan fingerprint density at radius 2 is 1.92 bits per heavy atom. The molecule has 1 heterocycles. The summed E-state index contributed by atoms with van der Waals surface area (Å²) in [5.74, 6) is 0.951. The van der Waals surface area contributed by atoms with Crippen LogP contribution in [0.4, 0.5) is 5.69 Å². The van der Waals surface area contributed by atoms with Crippen LogP contribution < -0.4 is 29.6 Å². The maximum atomic E-state index is 5.73. The Bertz CT molecular complexity index is 476. The van der Waals surface area contributed by atoms with Crippen molar-refractivity contribution in [3.63, 3.8) is 0 Å². The normalized spacial score (nSPS) is 15.9. The number of likely N-dealkylation sites (N-methyl/N-ethyl adjacent to an activating group) is 1. The van der Waals surface area contributed by atoms with E-state index in [9.17, 15) is 0 Å². The molecule has 1 fully saturated rings. The molecule has 0 aromatic heterocycles. The first kappa shape index (κ1) is 19.5. The summed E-state index contributed by atoms with van der Waals surface area (Å²) in [6, 6.07) is 8.47. The fraction of sp³-hybridized carbons (Fsp3) is 0.556. The summed E-state index contributed by atoms with van der Waals surface area (Å²) in [5.41, 5.74) is 1.29. The van der Waals surface area contributed by atoms with Crippen molar-refractivity contribution >= 4 is 5.69 Å². The summed E-state index contributed by atoms with van der Waals surface area (Å²) in [6.07, 6.45) is 1.96. The molecule has 136 valence electrons. The minimum absolute atomic E-state index is 0.351. The van der Waals surface area contributed by atoms with Crippen molar-refractivity contribution in [1.82, 2.24) is 9.80 Å². The number of benzene rings is 1. The number of rotatable bonds is 10. The molecule has 0 spiro atoms. The molecule has 6 heteroatoms. The summed E-state index contributed by atoms with van der Waals surface area (Å²) < 4.78 is 11.5. The Morgan fingerprint density at radius 1 is 1.21 bits per heavy atom. The van der Waals surface area contributed by atoms with Crippen molar-refractivity contribution in [3.8, 4) is 5.75 Å². The Balaban J connectivity index is 1.72. The zero-order chi connectivity index (χ0) is 17.2. The molecule has 2 rings (SSSR count). The van der Waals surface area contributed by atoms with E-state index in [1.54, 1.807) is 7.11 Å². The molecular formula is C18H29IN3O2-. The average molecular weight is 446 g/mol. The molecule has 5 nitrogen and oxygen atoms in total. The first-order chi connectivity index (χ1) is 11.7. The second kappa shape index (κ2) is 10.9. The fourth-order valence-electron chi connectivity index (χ4n) is 2.69. The van der Waals surface area contributed by atoms with Gasteiger partial charge in [-0.15, -0.1) is 6.58 Å². The topological polar surface area (TPSA) is 28.2 Å². The van der Waals surface area contributed by atoms with E-state index in [2.05, 4.69) is 52.6 Å². The van der Waals surface area contributed by atoms with Crippen LogP contribution in [0.1, 0.15) is 0 Å². The standard InChI is InChI=1S/C18H29IN3O2/c1-4-9-20(2)10-11-21-12-14-22(15-13-21)17-5-7-18(8-6-17)24-19-16-23-3/h4-8H,1,9-16H2,2-3H3/q-1. The zero-order valence-corrected chi connectivity index (χ0v) is 16.9. The number of hydrogen-bond donors (Lipinski definition) is 0. The Kier molecular flexibility index (Phi) is 8.87. The predicted molar refractivity (Wildman–Crippen MR) is 95.3 cm³/mol. The van der Waals surface area contributed by atoms with Crippen molar-refractivity contribution in [2.24, 2.45) is 0 Å². The van der Waals surface area contributed by atoms with Gasteiger partial charge in [-0.1, -0.05) is 6.08 Å². The van der Waals surface area contributed by atoms with E-state index in [1.165, 1.54) is 5.69 Å². The first-order valence-corrected chi connectivity index (χ1v) is 10.8. The van der Waals surface area contributed by atoms with Gasteiger partial charge in [-0.25, -0.2) is 0 Å². The van der Waals surface area contributed by atoms with Crippen LogP contribution >= 0.6 is 0 Å². The number of nitrogens with zero attached hydrogens (tertiary/aromatic N) is 3. The number of piperazine rings is 1. The Labute approximate surface area is 157 Å². The summed E-state index contributed by atoms with van der Waals surface area (Å²) in [5, 5.41) is 0. The maximum absolute atomic E-state index is 5.73. The van der Waals surface area contributed by atoms with E-state index >= 15 is 0 Å². The minimum atomic E-state index is -0.351. The van der Waals surface area contributed by atoms with Gasteiger partial charge in [-0.2, -0.15) is 0 Å². The molecule has 0 bridgehead atoms. The van der Waals surface area contributed by atoms with Crippen LogP contribution in [0.25, 0.3) is 0 Å². The third-order valence-corrected chi connectivity index (χ3v) is 5.81. The molecule has 0 atom stereocenters. The number of anilines is 1. The van der Waals surface area contributed by atoms with E-state index in [0.717, 1.165) is 56.2 Å². The molecule has 24 heavy (non-hydrogen) atoms. The van der Waals surface area contributed by atoms with Crippen molar-refractivity contribution in [1.29, 1.82) is 0 Å². The van der Waals surface area contributed by atoms with E-state index in [0.29, 0.717) is 0 Å². The van der Waals surface area contributed by atoms with E-state index in [1.807, 2.05) is 6.08 Å². The molecule has 0 saturated carbocycles. The number of methoxy groups -OCH3 is 1. The third kappa shape index (κ3) is 6.58. The Morgan fingerprint density at radius 3 is 2.54 bits per heavy atom. The molecule has 0 radical (unpaired) electrons. The van der Waals surface area contributed by atoms with Gasteiger partial charge in [-0.3, -0.25) is 0 Å².